The van der Waals surface area contributed by atoms with Crippen molar-refractivity contribution in [2.24, 2.45) is 5.10 Å². The van der Waals surface area contributed by atoms with E-state index in [4.69, 9.17) is 0 Å². The van der Waals surface area contributed by atoms with Gasteiger partial charge >= 0.3 is 0 Å². The third-order valence-electron chi connectivity index (χ3n) is 3.16. The summed E-state index contributed by atoms with van der Waals surface area (Å²) >= 11 is 2.21. The number of hydrogen-bond acceptors (Lipinski definition) is 3. The van der Waals surface area contributed by atoms with E-state index in [9.17, 15) is 9.59 Å². The van der Waals surface area contributed by atoms with Crippen LogP contribution in [0, 0.1) is 3.57 Å². The van der Waals surface area contributed by atoms with Gasteiger partial charge in [0.25, 0.3) is 0 Å². The maximum Gasteiger partial charge on any atom is 0.240 e. The summed E-state index contributed by atoms with van der Waals surface area (Å²) < 4.78 is 1.10. The molecule has 6 heteroatoms. The summed E-state index contributed by atoms with van der Waals surface area (Å²) in [6.45, 7) is 0.464. The molecule has 0 aliphatic heterocycles. The normalized spacial score (nSPS) is 10.5. The van der Waals surface area contributed by atoms with Crippen molar-refractivity contribution in [3.05, 3.63) is 69.3 Å². The zero-order valence-electron chi connectivity index (χ0n) is 13.0. The molecule has 0 aliphatic carbocycles. The largest absolute Gasteiger partial charge is 0.352 e. The Balaban J connectivity index is 1.66. The molecule has 0 aromatic heterocycles. The van der Waals surface area contributed by atoms with Crippen molar-refractivity contribution in [2.45, 2.75) is 19.4 Å². The predicted octanol–water partition coefficient (Wildman–Crippen LogP) is 2.84. The highest BCUT2D eigenvalue weighted by Crippen LogP contribution is 2.05. The van der Waals surface area contributed by atoms with E-state index >= 15 is 0 Å². The minimum absolute atomic E-state index is 0.101. The summed E-state index contributed by atoms with van der Waals surface area (Å²) in [4.78, 5) is 23.4. The molecule has 2 rings (SSSR count). The van der Waals surface area contributed by atoms with Crippen molar-refractivity contribution in [3.63, 3.8) is 0 Å². The van der Waals surface area contributed by atoms with Crippen LogP contribution in [-0.2, 0) is 16.1 Å². The molecule has 0 fully saturated rings. The molecule has 2 N–H and O–H groups in total. The number of rotatable bonds is 7. The van der Waals surface area contributed by atoms with Gasteiger partial charge in [0.05, 0.1) is 6.21 Å². The average Bonchev–Trinajstić information content (AvgIpc) is 2.59. The summed E-state index contributed by atoms with van der Waals surface area (Å²) in [7, 11) is 0. The minimum atomic E-state index is -0.285. The molecule has 0 spiro atoms. The topological polar surface area (TPSA) is 70.6 Å². The van der Waals surface area contributed by atoms with Crippen LogP contribution in [0.15, 0.2) is 59.7 Å². The Kier molecular flexibility index (Phi) is 7.41. The van der Waals surface area contributed by atoms with E-state index < -0.39 is 0 Å². The average molecular weight is 435 g/mol. The van der Waals surface area contributed by atoms with Crippen molar-refractivity contribution >= 4 is 40.6 Å². The minimum Gasteiger partial charge on any atom is -0.352 e. The fraction of sp³-hybridized carbons (Fsp3) is 0.167. The van der Waals surface area contributed by atoms with Gasteiger partial charge in [-0.05, 0) is 45.9 Å². The molecule has 0 unspecified atom stereocenters. The van der Waals surface area contributed by atoms with Crippen molar-refractivity contribution < 1.29 is 9.59 Å². The summed E-state index contributed by atoms with van der Waals surface area (Å²) in [5.41, 5.74) is 4.36. The first-order valence-corrected chi connectivity index (χ1v) is 8.59. The predicted molar refractivity (Wildman–Crippen MR) is 102 cm³/mol. The Labute approximate surface area is 154 Å². The van der Waals surface area contributed by atoms with E-state index in [-0.39, 0.29) is 24.7 Å². The molecular formula is C18H18IN3O2. The SMILES string of the molecule is O=C(CCC(=O)N/N=C/c1cccc(I)c1)NCc1ccccc1. The number of nitrogens with one attached hydrogen (secondary N) is 2. The molecule has 0 atom stereocenters. The lowest BCUT2D eigenvalue weighted by Gasteiger charge is -2.04. The van der Waals surface area contributed by atoms with Crippen molar-refractivity contribution in [2.75, 3.05) is 0 Å². The van der Waals surface area contributed by atoms with Gasteiger partial charge in [-0.25, -0.2) is 5.43 Å². The van der Waals surface area contributed by atoms with Crippen LogP contribution < -0.4 is 10.7 Å². The van der Waals surface area contributed by atoms with Gasteiger partial charge < -0.3 is 5.32 Å². The maximum atomic E-state index is 11.7. The van der Waals surface area contributed by atoms with Crippen LogP contribution in [0.3, 0.4) is 0 Å². The third kappa shape index (κ3) is 6.91. The van der Waals surface area contributed by atoms with Crippen LogP contribution in [-0.4, -0.2) is 18.0 Å². The molecule has 24 heavy (non-hydrogen) atoms. The third-order valence-corrected chi connectivity index (χ3v) is 3.83. The molecule has 5 nitrogen and oxygen atoms in total. The van der Waals surface area contributed by atoms with Gasteiger partial charge in [-0.1, -0.05) is 42.5 Å². The van der Waals surface area contributed by atoms with Crippen molar-refractivity contribution in [1.82, 2.24) is 10.7 Å². The van der Waals surface area contributed by atoms with Gasteiger partial charge in [0, 0.05) is 23.0 Å². The highest BCUT2D eigenvalue weighted by Gasteiger charge is 2.06. The summed E-state index contributed by atoms with van der Waals surface area (Å²) in [6, 6.07) is 17.4. The van der Waals surface area contributed by atoms with Crippen molar-refractivity contribution in [3.8, 4) is 0 Å². The molecule has 0 bridgehead atoms. The number of benzene rings is 2. The molecule has 0 saturated heterocycles. The number of amides is 2. The first kappa shape index (κ1) is 18.1. The molecule has 0 aliphatic rings. The molecule has 0 heterocycles. The molecule has 0 saturated carbocycles. The Bertz CT molecular complexity index is 717. The number of nitrogens with zero attached hydrogens (tertiary/aromatic N) is 1. The highest BCUT2D eigenvalue weighted by molar-refractivity contribution is 14.1. The van der Waals surface area contributed by atoms with Gasteiger partial charge in [-0.3, -0.25) is 9.59 Å². The van der Waals surface area contributed by atoms with E-state index in [0.717, 1.165) is 14.7 Å². The molecule has 2 amide bonds. The quantitative estimate of drug-likeness (QED) is 0.399. The van der Waals surface area contributed by atoms with Gasteiger partial charge in [-0.2, -0.15) is 5.10 Å². The van der Waals surface area contributed by atoms with Crippen LogP contribution in [0.4, 0.5) is 0 Å². The lowest BCUT2D eigenvalue weighted by molar-refractivity contribution is -0.126. The van der Waals surface area contributed by atoms with E-state index in [2.05, 4.69) is 38.4 Å². The smallest absolute Gasteiger partial charge is 0.240 e. The fourth-order valence-corrected chi connectivity index (χ4v) is 2.50. The molecular weight excluding hydrogens is 417 g/mol. The van der Waals surface area contributed by atoms with E-state index in [0.29, 0.717) is 6.54 Å². The van der Waals surface area contributed by atoms with Crippen LogP contribution in [0.5, 0.6) is 0 Å². The fourth-order valence-electron chi connectivity index (χ4n) is 1.93. The standard InChI is InChI=1S/C18H18IN3O2/c19-16-8-4-7-15(11-16)13-21-22-18(24)10-9-17(23)20-12-14-5-2-1-3-6-14/h1-8,11,13H,9-10,12H2,(H,20,23)(H,22,24)/b21-13+. The molecule has 0 radical (unpaired) electrons. The first-order chi connectivity index (χ1) is 11.6. The second kappa shape index (κ2) is 9.82. The van der Waals surface area contributed by atoms with E-state index in [1.807, 2.05) is 54.6 Å². The van der Waals surface area contributed by atoms with Crippen LogP contribution in [0.2, 0.25) is 0 Å². The lowest BCUT2D eigenvalue weighted by atomic mass is 10.2. The zero-order chi connectivity index (χ0) is 17.2. The second-order valence-electron chi connectivity index (χ2n) is 5.11. The van der Waals surface area contributed by atoms with E-state index in [1.54, 1.807) is 6.21 Å². The van der Waals surface area contributed by atoms with E-state index in [1.165, 1.54) is 0 Å². The lowest BCUT2D eigenvalue weighted by Crippen LogP contribution is -2.25. The monoisotopic (exact) mass is 435 g/mol. The van der Waals surface area contributed by atoms with Crippen molar-refractivity contribution in [1.29, 1.82) is 0 Å². The maximum absolute atomic E-state index is 11.7. The molecule has 124 valence electrons. The number of halogens is 1. The van der Waals surface area contributed by atoms with Crippen LogP contribution in [0.1, 0.15) is 24.0 Å². The van der Waals surface area contributed by atoms with Gasteiger partial charge in [0.2, 0.25) is 11.8 Å². The summed E-state index contributed by atoms with van der Waals surface area (Å²) in [5, 5.41) is 6.68. The number of carbonyl (C=O) groups is 2. The number of carbonyl (C=O) groups excluding carboxylic acids is 2. The summed E-state index contributed by atoms with van der Waals surface area (Å²) in [6.07, 6.45) is 1.82. The van der Waals surface area contributed by atoms with Gasteiger partial charge in [0.15, 0.2) is 0 Å². The summed E-state index contributed by atoms with van der Waals surface area (Å²) in [5.74, 6) is -0.442. The van der Waals surface area contributed by atoms with Gasteiger partial charge in [0.1, 0.15) is 0 Å². The highest BCUT2D eigenvalue weighted by atomic mass is 127. The zero-order valence-corrected chi connectivity index (χ0v) is 15.2. The Morgan fingerprint density at radius 3 is 2.50 bits per heavy atom. The Morgan fingerprint density at radius 1 is 1.00 bits per heavy atom. The Hall–Kier alpha value is -2.22. The second-order valence-corrected chi connectivity index (χ2v) is 6.36. The molecule has 2 aromatic carbocycles. The van der Waals surface area contributed by atoms with Crippen LogP contribution in [0.25, 0.3) is 0 Å². The number of hydrazone groups is 1. The number of hydrogen-bond donors (Lipinski definition) is 2. The van der Waals surface area contributed by atoms with Gasteiger partial charge in [-0.15, -0.1) is 0 Å². The molecule has 2 aromatic rings. The van der Waals surface area contributed by atoms with Crippen LogP contribution >= 0.6 is 22.6 Å². The Morgan fingerprint density at radius 2 is 1.75 bits per heavy atom. The first-order valence-electron chi connectivity index (χ1n) is 7.51.